The molecule has 4 heteroatoms. The van der Waals surface area contributed by atoms with Crippen molar-refractivity contribution in [2.45, 2.75) is 20.8 Å². The third-order valence-electron chi connectivity index (χ3n) is 4.01. The van der Waals surface area contributed by atoms with Crippen LogP contribution in [0.2, 0.25) is 5.02 Å². The van der Waals surface area contributed by atoms with E-state index >= 15 is 0 Å². The normalized spacial score (nSPS) is 11.2. The Kier molecular flexibility index (Phi) is 4.72. The first kappa shape index (κ1) is 16.3. The maximum absolute atomic E-state index is 5.96. The van der Waals surface area contributed by atoms with Gasteiger partial charge in [-0.1, -0.05) is 23.7 Å². The highest BCUT2D eigenvalue weighted by Crippen LogP contribution is 2.19. The summed E-state index contributed by atoms with van der Waals surface area (Å²) in [6.07, 6.45) is 1.81. The molecule has 0 aliphatic rings. The number of hydrazone groups is 1. The Balaban J connectivity index is 1.72. The van der Waals surface area contributed by atoms with E-state index in [-0.39, 0.29) is 0 Å². The predicted molar refractivity (Wildman–Crippen MR) is 103 cm³/mol. The molecule has 0 amide bonds. The fraction of sp³-hybridized carbons (Fsp3) is 0.150. The Morgan fingerprint density at radius 3 is 2.21 bits per heavy atom. The smallest absolute Gasteiger partial charge is 0.0592 e. The van der Waals surface area contributed by atoms with Crippen LogP contribution < -0.4 is 5.43 Å². The molecule has 0 saturated heterocycles. The molecule has 0 aliphatic heterocycles. The molecule has 1 aromatic heterocycles. The highest BCUT2D eigenvalue weighted by atomic mass is 35.5. The van der Waals surface area contributed by atoms with Crippen LogP contribution in [-0.2, 0) is 0 Å². The van der Waals surface area contributed by atoms with Gasteiger partial charge < -0.3 is 4.57 Å². The van der Waals surface area contributed by atoms with Gasteiger partial charge in [0.05, 0.1) is 11.9 Å². The van der Waals surface area contributed by atoms with Gasteiger partial charge in [-0.15, -0.1) is 0 Å². The molecule has 1 heterocycles. The molecule has 122 valence electrons. The minimum Gasteiger partial charge on any atom is -0.319 e. The van der Waals surface area contributed by atoms with E-state index in [0.717, 1.165) is 27.5 Å². The maximum Gasteiger partial charge on any atom is 0.0592 e. The standard InChI is InChI=1S/C20H20ClN3/c1-14-12-18(21)8-11-20(14)23-22-13-17-6-9-19(10-7-17)24-15(2)4-5-16(24)3/h4-13,23H,1-3H3/b22-13+. The van der Waals surface area contributed by atoms with Crippen LogP contribution in [0.25, 0.3) is 5.69 Å². The summed E-state index contributed by atoms with van der Waals surface area (Å²) in [5.74, 6) is 0. The van der Waals surface area contributed by atoms with Gasteiger partial charge >= 0.3 is 0 Å². The van der Waals surface area contributed by atoms with Gasteiger partial charge in [0.2, 0.25) is 0 Å². The molecule has 2 aromatic carbocycles. The van der Waals surface area contributed by atoms with Gasteiger partial charge in [-0.25, -0.2) is 0 Å². The lowest BCUT2D eigenvalue weighted by atomic mass is 10.2. The predicted octanol–water partition coefficient (Wildman–Crippen LogP) is 5.50. The average molecular weight is 338 g/mol. The molecule has 3 rings (SSSR count). The average Bonchev–Trinajstić information content (AvgIpc) is 2.89. The minimum atomic E-state index is 0.730. The van der Waals surface area contributed by atoms with Crippen molar-refractivity contribution < 1.29 is 0 Å². The van der Waals surface area contributed by atoms with E-state index in [0.29, 0.717) is 0 Å². The van der Waals surface area contributed by atoms with Crippen molar-refractivity contribution >= 4 is 23.5 Å². The van der Waals surface area contributed by atoms with E-state index in [1.165, 1.54) is 11.4 Å². The fourth-order valence-electron chi connectivity index (χ4n) is 2.71. The first-order chi connectivity index (χ1) is 11.5. The summed E-state index contributed by atoms with van der Waals surface area (Å²) >= 11 is 5.96. The molecule has 24 heavy (non-hydrogen) atoms. The molecule has 0 bridgehead atoms. The summed E-state index contributed by atoms with van der Waals surface area (Å²) in [7, 11) is 0. The molecule has 3 nitrogen and oxygen atoms in total. The lowest BCUT2D eigenvalue weighted by Crippen LogP contribution is -1.99. The second-order valence-corrected chi connectivity index (χ2v) is 6.31. The van der Waals surface area contributed by atoms with E-state index in [1.807, 2.05) is 31.3 Å². The third-order valence-corrected chi connectivity index (χ3v) is 4.24. The van der Waals surface area contributed by atoms with Crippen molar-refractivity contribution in [2.75, 3.05) is 5.43 Å². The summed E-state index contributed by atoms with van der Waals surface area (Å²) < 4.78 is 2.23. The lowest BCUT2D eigenvalue weighted by Gasteiger charge is -2.09. The molecule has 0 fully saturated rings. The molecule has 0 unspecified atom stereocenters. The first-order valence-electron chi connectivity index (χ1n) is 7.85. The monoisotopic (exact) mass is 337 g/mol. The number of nitrogens with zero attached hydrogens (tertiary/aromatic N) is 2. The number of aryl methyl sites for hydroxylation is 3. The molecule has 0 aliphatic carbocycles. The number of nitrogens with one attached hydrogen (secondary N) is 1. The Hall–Kier alpha value is -2.52. The van der Waals surface area contributed by atoms with Crippen molar-refractivity contribution in [1.82, 2.24) is 4.57 Å². The largest absolute Gasteiger partial charge is 0.319 e. The Bertz CT molecular complexity index is 857. The van der Waals surface area contributed by atoms with E-state index < -0.39 is 0 Å². The summed E-state index contributed by atoms with van der Waals surface area (Å²) in [5.41, 5.74) is 9.73. The van der Waals surface area contributed by atoms with Crippen molar-refractivity contribution in [3.05, 3.63) is 82.1 Å². The molecule has 3 aromatic rings. The fourth-order valence-corrected chi connectivity index (χ4v) is 2.94. The van der Waals surface area contributed by atoms with E-state index in [2.05, 4.69) is 65.3 Å². The Morgan fingerprint density at radius 2 is 1.58 bits per heavy atom. The molecular formula is C20H20ClN3. The Labute approximate surface area is 147 Å². The van der Waals surface area contributed by atoms with Gasteiger partial charge in [-0.05, 0) is 74.4 Å². The number of anilines is 1. The highest BCUT2D eigenvalue weighted by molar-refractivity contribution is 6.30. The quantitative estimate of drug-likeness (QED) is 0.494. The van der Waals surface area contributed by atoms with Gasteiger partial charge in [0.25, 0.3) is 0 Å². The lowest BCUT2D eigenvalue weighted by molar-refractivity contribution is 0.966. The van der Waals surface area contributed by atoms with Crippen LogP contribution in [0.5, 0.6) is 0 Å². The van der Waals surface area contributed by atoms with Crippen LogP contribution >= 0.6 is 11.6 Å². The van der Waals surface area contributed by atoms with Crippen molar-refractivity contribution in [2.24, 2.45) is 5.10 Å². The summed E-state index contributed by atoms with van der Waals surface area (Å²) in [5, 5.41) is 5.03. The molecule has 1 N–H and O–H groups in total. The van der Waals surface area contributed by atoms with Crippen molar-refractivity contribution in [1.29, 1.82) is 0 Å². The minimum absolute atomic E-state index is 0.730. The molecule has 0 spiro atoms. The second-order valence-electron chi connectivity index (χ2n) is 5.87. The number of hydrogen-bond donors (Lipinski definition) is 1. The molecule has 0 radical (unpaired) electrons. The number of rotatable bonds is 4. The van der Waals surface area contributed by atoms with Crippen LogP contribution in [0, 0.1) is 20.8 Å². The molecule has 0 atom stereocenters. The zero-order chi connectivity index (χ0) is 17.1. The van der Waals surface area contributed by atoms with Gasteiger partial charge in [0.1, 0.15) is 0 Å². The first-order valence-corrected chi connectivity index (χ1v) is 8.23. The van der Waals surface area contributed by atoms with Crippen LogP contribution in [0.1, 0.15) is 22.5 Å². The van der Waals surface area contributed by atoms with Gasteiger partial charge in [-0.3, -0.25) is 5.43 Å². The summed E-state index contributed by atoms with van der Waals surface area (Å²) in [4.78, 5) is 0. The number of hydrogen-bond acceptors (Lipinski definition) is 2. The summed E-state index contributed by atoms with van der Waals surface area (Å²) in [6.45, 7) is 6.22. The number of benzene rings is 2. The van der Waals surface area contributed by atoms with E-state index in [1.54, 1.807) is 0 Å². The molecular weight excluding hydrogens is 318 g/mol. The molecule has 0 saturated carbocycles. The topological polar surface area (TPSA) is 29.3 Å². The zero-order valence-electron chi connectivity index (χ0n) is 14.0. The van der Waals surface area contributed by atoms with E-state index in [9.17, 15) is 0 Å². The number of aromatic nitrogens is 1. The van der Waals surface area contributed by atoms with Crippen molar-refractivity contribution in [3.63, 3.8) is 0 Å². The zero-order valence-corrected chi connectivity index (χ0v) is 14.8. The maximum atomic E-state index is 5.96. The third kappa shape index (κ3) is 3.52. The SMILES string of the molecule is Cc1cc(Cl)ccc1N/N=C/c1ccc(-n2c(C)ccc2C)cc1. The van der Waals surface area contributed by atoms with Gasteiger partial charge in [-0.2, -0.15) is 5.10 Å². The van der Waals surface area contributed by atoms with Crippen molar-refractivity contribution in [3.8, 4) is 5.69 Å². The van der Waals surface area contributed by atoms with Crippen LogP contribution in [0.3, 0.4) is 0 Å². The highest BCUT2D eigenvalue weighted by Gasteiger charge is 2.03. The van der Waals surface area contributed by atoms with Gasteiger partial charge in [0, 0.05) is 22.1 Å². The van der Waals surface area contributed by atoms with Crippen LogP contribution in [0.15, 0.2) is 59.7 Å². The van der Waals surface area contributed by atoms with E-state index in [4.69, 9.17) is 11.6 Å². The second kappa shape index (κ2) is 6.93. The number of halogens is 1. The van der Waals surface area contributed by atoms with Crippen LogP contribution in [-0.4, -0.2) is 10.8 Å². The van der Waals surface area contributed by atoms with Crippen LogP contribution in [0.4, 0.5) is 5.69 Å². The Morgan fingerprint density at radius 1 is 0.917 bits per heavy atom. The van der Waals surface area contributed by atoms with Gasteiger partial charge in [0.15, 0.2) is 0 Å². The summed E-state index contributed by atoms with van der Waals surface area (Å²) in [6, 6.07) is 18.3.